The van der Waals surface area contributed by atoms with Gasteiger partial charge in [0.1, 0.15) is 23.0 Å². The van der Waals surface area contributed by atoms with Gasteiger partial charge in [-0.3, -0.25) is 0 Å². The molecule has 2 heterocycles. The summed E-state index contributed by atoms with van der Waals surface area (Å²) >= 11 is 0. The summed E-state index contributed by atoms with van der Waals surface area (Å²) in [6.45, 7) is 4.25. The quantitative estimate of drug-likeness (QED) is 0.268. The molecule has 0 N–H and O–H groups in total. The molecule has 6 rings (SSSR count). The number of fused-ring (bicyclic) bond motifs is 4. The lowest BCUT2D eigenvalue weighted by Crippen LogP contribution is -2.09. The lowest BCUT2D eigenvalue weighted by atomic mass is 9.82. The van der Waals surface area contributed by atoms with Crippen LogP contribution in [0.4, 0.5) is 0 Å². The van der Waals surface area contributed by atoms with Crippen molar-refractivity contribution in [1.29, 1.82) is 0 Å². The fraction of sp³-hybridized carbons (Fsp3) is 0.0714. The van der Waals surface area contributed by atoms with Crippen molar-refractivity contribution < 1.29 is 9.47 Å². The van der Waals surface area contributed by atoms with Crippen LogP contribution in [0.2, 0.25) is 0 Å². The number of rotatable bonds is 0. The molecular weight excluding hydrogens is 368 g/mol. The van der Waals surface area contributed by atoms with Crippen molar-refractivity contribution in [3.8, 4) is 23.0 Å². The summed E-state index contributed by atoms with van der Waals surface area (Å²) in [5.41, 5.74) is 9.25. The molecule has 0 spiro atoms. The van der Waals surface area contributed by atoms with E-state index in [0.717, 1.165) is 45.3 Å². The molecule has 0 aliphatic carbocycles. The standard InChI is InChI=1S/C28H20O2/c1-17-11-13-25-21(15-17)27(19-7-3-5-9-23(19)29-25)28-20-8-4-6-10-24(20)30-26-14-12-18(2)16-22(26)28/h3-16H,1-2H3/b28-27-. The Hall–Kier alpha value is -3.78. The fourth-order valence-corrected chi connectivity index (χ4v) is 4.45. The maximum Gasteiger partial charge on any atom is 0.135 e. The molecule has 0 saturated heterocycles. The van der Waals surface area contributed by atoms with Gasteiger partial charge in [0.05, 0.1) is 0 Å². The Morgan fingerprint density at radius 2 is 0.833 bits per heavy atom. The van der Waals surface area contributed by atoms with Gasteiger partial charge in [0.25, 0.3) is 0 Å². The zero-order valence-corrected chi connectivity index (χ0v) is 16.9. The Morgan fingerprint density at radius 3 is 1.30 bits per heavy atom. The molecular formula is C28H20O2. The van der Waals surface area contributed by atoms with Crippen molar-refractivity contribution in [2.75, 3.05) is 0 Å². The van der Waals surface area contributed by atoms with Crippen LogP contribution in [0.3, 0.4) is 0 Å². The van der Waals surface area contributed by atoms with E-state index in [-0.39, 0.29) is 0 Å². The highest BCUT2D eigenvalue weighted by molar-refractivity contribution is 6.10. The Labute approximate surface area is 176 Å². The van der Waals surface area contributed by atoms with Crippen LogP contribution in [0.5, 0.6) is 23.0 Å². The van der Waals surface area contributed by atoms with Gasteiger partial charge in [-0.25, -0.2) is 0 Å². The summed E-state index contributed by atoms with van der Waals surface area (Å²) in [6, 6.07) is 29.4. The Balaban J connectivity index is 1.80. The van der Waals surface area contributed by atoms with Crippen molar-refractivity contribution in [3.05, 3.63) is 118 Å². The van der Waals surface area contributed by atoms with Crippen molar-refractivity contribution in [3.63, 3.8) is 0 Å². The summed E-state index contributed by atoms with van der Waals surface area (Å²) in [7, 11) is 0. The molecule has 4 aromatic rings. The van der Waals surface area contributed by atoms with Crippen molar-refractivity contribution in [1.82, 2.24) is 0 Å². The number of ether oxygens (including phenoxy) is 2. The van der Waals surface area contributed by atoms with Crippen LogP contribution in [-0.2, 0) is 0 Å². The highest BCUT2D eigenvalue weighted by Crippen LogP contribution is 2.53. The average Bonchev–Trinajstić information content (AvgIpc) is 2.76. The van der Waals surface area contributed by atoms with Gasteiger partial charge in [-0.1, -0.05) is 59.7 Å². The van der Waals surface area contributed by atoms with Gasteiger partial charge in [0.15, 0.2) is 0 Å². The van der Waals surface area contributed by atoms with Gasteiger partial charge in [0, 0.05) is 33.4 Å². The van der Waals surface area contributed by atoms with E-state index in [1.807, 2.05) is 24.3 Å². The molecule has 0 atom stereocenters. The van der Waals surface area contributed by atoms with E-state index in [4.69, 9.17) is 9.47 Å². The number of hydrogen-bond acceptors (Lipinski definition) is 2. The van der Waals surface area contributed by atoms with Crippen molar-refractivity contribution in [2.45, 2.75) is 13.8 Å². The molecule has 2 aliphatic rings. The monoisotopic (exact) mass is 388 g/mol. The predicted molar refractivity (Wildman–Crippen MR) is 120 cm³/mol. The topological polar surface area (TPSA) is 18.5 Å². The lowest BCUT2D eigenvalue weighted by Gasteiger charge is -2.30. The Bertz CT molecular complexity index is 1260. The maximum atomic E-state index is 6.29. The molecule has 144 valence electrons. The summed E-state index contributed by atoms with van der Waals surface area (Å²) in [4.78, 5) is 0. The van der Waals surface area contributed by atoms with Gasteiger partial charge in [-0.2, -0.15) is 0 Å². The molecule has 0 unspecified atom stereocenters. The van der Waals surface area contributed by atoms with Crippen molar-refractivity contribution in [2.24, 2.45) is 0 Å². The third-order valence-corrected chi connectivity index (χ3v) is 5.81. The normalized spacial score (nSPS) is 15.8. The van der Waals surface area contributed by atoms with Crippen LogP contribution in [0.25, 0.3) is 11.1 Å². The molecule has 0 radical (unpaired) electrons. The van der Waals surface area contributed by atoms with Crippen LogP contribution in [-0.4, -0.2) is 0 Å². The molecule has 0 amide bonds. The highest BCUT2D eigenvalue weighted by atomic mass is 16.5. The minimum atomic E-state index is 0.884. The second-order valence-electron chi connectivity index (χ2n) is 7.95. The largest absolute Gasteiger partial charge is 0.456 e. The number of aryl methyl sites for hydroxylation is 2. The lowest BCUT2D eigenvalue weighted by molar-refractivity contribution is 0.471. The van der Waals surface area contributed by atoms with Crippen LogP contribution in [0.1, 0.15) is 33.4 Å². The summed E-state index contributed by atoms with van der Waals surface area (Å²) in [6.07, 6.45) is 0. The SMILES string of the molecule is Cc1ccc2c(c1)/C(=C1/c3ccccc3Oc3ccc(C)cc31)c1ccccc1O2. The molecule has 30 heavy (non-hydrogen) atoms. The second-order valence-corrected chi connectivity index (χ2v) is 7.95. The smallest absolute Gasteiger partial charge is 0.135 e. The molecule has 0 aromatic heterocycles. The van der Waals surface area contributed by atoms with Gasteiger partial charge in [-0.15, -0.1) is 0 Å². The third-order valence-electron chi connectivity index (χ3n) is 5.81. The minimum absolute atomic E-state index is 0.884. The number of hydrogen-bond donors (Lipinski definition) is 0. The highest BCUT2D eigenvalue weighted by Gasteiger charge is 2.30. The van der Waals surface area contributed by atoms with E-state index >= 15 is 0 Å². The molecule has 0 saturated carbocycles. The molecule has 0 bridgehead atoms. The maximum absolute atomic E-state index is 6.29. The van der Waals surface area contributed by atoms with Crippen LogP contribution >= 0.6 is 0 Å². The zero-order chi connectivity index (χ0) is 20.2. The first-order valence-corrected chi connectivity index (χ1v) is 10.2. The van der Waals surface area contributed by atoms with E-state index in [2.05, 4.69) is 74.5 Å². The van der Waals surface area contributed by atoms with E-state index in [9.17, 15) is 0 Å². The summed E-state index contributed by atoms with van der Waals surface area (Å²) in [5.74, 6) is 3.55. The van der Waals surface area contributed by atoms with Crippen LogP contribution < -0.4 is 9.47 Å². The molecule has 4 aromatic carbocycles. The molecule has 0 fully saturated rings. The third kappa shape index (κ3) is 2.50. The number of para-hydroxylation sites is 2. The first-order valence-electron chi connectivity index (χ1n) is 10.2. The predicted octanol–water partition coefficient (Wildman–Crippen LogP) is 7.52. The van der Waals surface area contributed by atoms with Gasteiger partial charge >= 0.3 is 0 Å². The summed E-state index contributed by atoms with van der Waals surface area (Å²) in [5, 5.41) is 0. The Kier molecular flexibility index (Phi) is 3.63. The van der Waals surface area contributed by atoms with Crippen LogP contribution in [0, 0.1) is 13.8 Å². The summed E-state index contributed by atoms with van der Waals surface area (Å²) < 4.78 is 12.6. The molecule has 2 aliphatic heterocycles. The van der Waals surface area contributed by atoms with E-state index in [1.54, 1.807) is 0 Å². The van der Waals surface area contributed by atoms with Gasteiger partial charge in [0.2, 0.25) is 0 Å². The zero-order valence-electron chi connectivity index (χ0n) is 16.9. The van der Waals surface area contributed by atoms with Gasteiger partial charge in [-0.05, 0) is 50.2 Å². The minimum Gasteiger partial charge on any atom is -0.456 e. The van der Waals surface area contributed by atoms with E-state index < -0.39 is 0 Å². The molecule has 2 nitrogen and oxygen atoms in total. The van der Waals surface area contributed by atoms with E-state index in [0.29, 0.717) is 0 Å². The fourth-order valence-electron chi connectivity index (χ4n) is 4.45. The second kappa shape index (κ2) is 6.36. The van der Waals surface area contributed by atoms with Crippen molar-refractivity contribution >= 4 is 11.1 Å². The first-order chi connectivity index (χ1) is 14.7. The van der Waals surface area contributed by atoms with Gasteiger partial charge < -0.3 is 9.47 Å². The van der Waals surface area contributed by atoms with E-state index in [1.165, 1.54) is 22.3 Å². The number of benzene rings is 4. The van der Waals surface area contributed by atoms with Crippen LogP contribution in [0.15, 0.2) is 84.9 Å². The Morgan fingerprint density at radius 1 is 0.433 bits per heavy atom. The average molecular weight is 388 g/mol. The molecule has 2 heteroatoms. The first kappa shape index (κ1) is 17.1.